The second-order valence-electron chi connectivity index (χ2n) is 4.84. The van der Waals surface area contributed by atoms with E-state index in [9.17, 15) is 4.79 Å². The van der Waals surface area contributed by atoms with Gasteiger partial charge in [-0.25, -0.2) is 0 Å². The van der Waals surface area contributed by atoms with Crippen molar-refractivity contribution in [2.75, 3.05) is 11.9 Å². The number of carbonyl (C=O) groups excluding carboxylic acids is 1. The molecule has 0 fully saturated rings. The van der Waals surface area contributed by atoms with Crippen molar-refractivity contribution in [2.45, 2.75) is 13.1 Å². The van der Waals surface area contributed by atoms with Crippen molar-refractivity contribution in [1.29, 1.82) is 0 Å². The van der Waals surface area contributed by atoms with Gasteiger partial charge < -0.3 is 5.32 Å². The first-order valence-electron chi connectivity index (χ1n) is 7.06. The van der Waals surface area contributed by atoms with E-state index in [2.05, 4.69) is 15.6 Å². The van der Waals surface area contributed by atoms with E-state index < -0.39 is 6.17 Å². The highest BCUT2D eigenvalue weighted by molar-refractivity contribution is 6.19. The summed E-state index contributed by atoms with van der Waals surface area (Å²) in [5.41, 5.74) is 3.57. The number of rotatable bonds is 3. The number of benzodiazepines with no additional fused rings is 1. The zero-order valence-corrected chi connectivity index (χ0v) is 11.8. The fourth-order valence-electron chi connectivity index (χ4n) is 2.41. The molecule has 0 aromatic heterocycles. The average molecular weight is 279 g/mol. The van der Waals surface area contributed by atoms with Crippen molar-refractivity contribution in [3.63, 3.8) is 0 Å². The first-order valence-corrected chi connectivity index (χ1v) is 7.06. The third-order valence-electron chi connectivity index (χ3n) is 3.39. The van der Waals surface area contributed by atoms with Crippen LogP contribution in [0.3, 0.4) is 0 Å². The molecular formula is C17H17N3O. The first kappa shape index (κ1) is 13.5. The van der Waals surface area contributed by atoms with Crippen LogP contribution in [0.5, 0.6) is 0 Å². The van der Waals surface area contributed by atoms with E-state index in [1.165, 1.54) is 0 Å². The fourth-order valence-corrected chi connectivity index (χ4v) is 2.41. The van der Waals surface area contributed by atoms with Crippen LogP contribution in [0, 0.1) is 0 Å². The minimum atomic E-state index is -0.572. The number of aliphatic imine (C=N–C) groups is 1. The topological polar surface area (TPSA) is 53.5 Å². The summed E-state index contributed by atoms with van der Waals surface area (Å²) in [4.78, 5) is 16.9. The van der Waals surface area contributed by atoms with Gasteiger partial charge in [-0.15, -0.1) is 0 Å². The molecular weight excluding hydrogens is 262 g/mol. The van der Waals surface area contributed by atoms with Gasteiger partial charge in [-0.3, -0.25) is 15.1 Å². The van der Waals surface area contributed by atoms with Crippen LogP contribution in [0.1, 0.15) is 18.1 Å². The number of carbonyl (C=O) groups is 1. The molecule has 2 N–H and O–H groups in total. The number of para-hydroxylation sites is 1. The third-order valence-corrected chi connectivity index (χ3v) is 3.39. The molecule has 1 aliphatic heterocycles. The van der Waals surface area contributed by atoms with E-state index >= 15 is 0 Å². The van der Waals surface area contributed by atoms with Crippen LogP contribution in [0.4, 0.5) is 5.69 Å². The molecule has 4 nitrogen and oxygen atoms in total. The van der Waals surface area contributed by atoms with Crippen LogP contribution < -0.4 is 10.6 Å². The number of fused-ring (bicyclic) bond motifs is 1. The third kappa shape index (κ3) is 2.71. The molecule has 1 unspecified atom stereocenters. The van der Waals surface area contributed by atoms with Gasteiger partial charge in [-0.2, -0.15) is 0 Å². The van der Waals surface area contributed by atoms with Crippen molar-refractivity contribution in [1.82, 2.24) is 5.32 Å². The second-order valence-corrected chi connectivity index (χ2v) is 4.84. The number of nitrogens with one attached hydrogen (secondary N) is 2. The summed E-state index contributed by atoms with van der Waals surface area (Å²) in [6.07, 6.45) is -0.572. The van der Waals surface area contributed by atoms with Gasteiger partial charge in [0.1, 0.15) is 0 Å². The number of amides is 1. The molecule has 0 bridgehead atoms. The highest BCUT2D eigenvalue weighted by Gasteiger charge is 2.24. The molecule has 21 heavy (non-hydrogen) atoms. The molecule has 1 atom stereocenters. The standard InChI is InChI=1S/C17H17N3O/c1-2-18-16-17(21)19-14-11-7-6-10-13(14)15(20-16)12-8-4-3-5-9-12/h3-11,16,18H,2H2,1H3,(H,19,21). The van der Waals surface area contributed by atoms with Gasteiger partial charge in [0.2, 0.25) is 0 Å². The molecule has 4 heteroatoms. The lowest BCUT2D eigenvalue weighted by atomic mass is 10.0. The van der Waals surface area contributed by atoms with E-state index in [-0.39, 0.29) is 5.91 Å². The SMILES string of the molecule is CCNC1N=C(c2ccccc2)c2ccccc2NC1=O. The van der Waals surface area contributed by atoms with Crippen molar-refractivity contribution in [3.8, 4) is 0 Å². The van der Waals surface area contributed by atoms with Crippen LogP contribution >= 0.6 is 0 Å². The average Bonchev–Trinajstić information content (AvgIpc) is 2.66. The Labute approximate surface area is 123 Å². The number of nitrogens with zero attached hydrogens (tertiary/aromatic N) is 1. The maximum absolute atomic E-state index is 12.3. The van der Waals surface area contributed by atoms with E-state index in [0.717, 1.165) is 22.5 Å². The zero-order chi connectivity index (χ0) is 14.7. The summed E-state index contributed by atoms with van der Waals surface area (Å²) in [7, 11) is 0. The summed E-state index contributed by atoms with van der Waals surface area (Å²) in [6.45, 7) is 2.64. The predicted octanol–water partition coefficient (Wildman–Crippen LogP) is 2.41. The van der Waals surface area contributed by atoms with E-state index in [1.807, 2.05) is 61.5 Å². The number of anilines is 1. The van der Waals surface area contributed by atoms with Crippen molar-refractivity contribution >= 4 is 17.3 Å². The lowest BCUT2D eigenvalue weighted by molar-refractivity contribution is -0.117. The highest BCUT2D eigenvalue weighted by Crippen LogP contribution is 2.23. The van der Waals surface area contributed by atoms with Crippen molar-refractivity contribution in [3.05, 3.63) is 65.7 Å². The summed E-state index contributed by atoms with van der Waals surface area (Å²) < 4.78 is 0. The molecule has 0 aliphatic carbocycles. The minimum absolute atomic E-state index is 0.129. The van der Waals surface area contributed by atoms with Gasteiger partial charge in [0.25, 0.3) is 5.91 Å². The van der Waals surface area contributed by atoms with E-state index in [4.69, 9.17) is 0 Å². The number of benzene rings is 2. The van der Waals surface area contributed by atoms with Crippen LogP contribution in [0.25, 0.3) is 0 Å². The Bertz CT molecular complexity index is 679. The zero-order valence-electron chi connectivity index (χ0n) is 11.8. The lowest BCUT2D eigenvalue weighted by Crippen LogP contribution is -2.38. The van der Waals surface area contributed by atoms with Gasteiger partial charge in [0.15, 0.2) is 6.17 Å². The second kappa shape index (κ2) is 5.89. The van der Waals surface area contributed by atoms with E-state index in [1.54, 1.807) is 0 Å². The number of hydrogen-bond donors (Lipinski definition) is 2. The first-order chi connectivity index (χ1) is 10.3. The van der Waals surface area contributed by atoms with Crippen LogP contribution in [-0.4, -0.2) is 24.3 Å². The summed E-state index contributed by atoms with van der Waals surface area (Å²) in [5, 5.41) is 6.05. The number of hydrogen-bond acceptors (Lipinski definition) is 3. The molecule has 0 saturated carbocycles. The summed E-state index contributed by atoms with van der Waals surface area (Å²) in [5.74, 6) is -0.129. The fraction of sp³-hybridized carbons (Fsp3) is 0.176. The maximum Gasteiger partial charge on any atom is 0.263 e. The number of likely N-dealkylation sites (N-methyl/N-ethyl adjacent to an activating group) is 1. The van der Waals surface area contributed by atoms with Crippen molar-refractivity contribution < 1.29 is 4.79 Å². The van der Waals surface area contributed by atoms with Gasteiger partial charge in [-0.1, -0.05) is 55.5 Å². The molecule has 0 radical (unpaired) electrons. The molecule has 106 valence electrons. The normalized spacial score (nSPS) is 17.5. The Morgan fingerprint density at radius 3 is 2.57 bits per heavy atom. The Morgan fingerprint density at radius 1 is 1.10 bits per heavy atom. The molecule has 0 saturated heterocycles. The molecule has 0 spiro atoms. The molecule has 2 aromatic rings. The van der Waals surface area contributed by atoms with Crippen LogP contribution in [-0.2, 0) is 4.79 Å². The smallest absolute Gasteiger partial charge is 0.263 e. The Hall–Kier alpha value is -2.46. The Balaban J connectivity index is 2.15. The molecule has 1 amide bonds. The van der Waals surface area contributed by atoms with Gasteiger partial charge >= 0.3 is 0 Å². The molecule has 3 rings (SSSR count). The van der Waals surface area contributed by atoms with Gasteiger partial charge in [-0.05, 0) is 12.6 Å². The summed E-state index contributed by atoms with van der Waals surface area (Å²) >= 11 is 0. The Morgan fingerprint density at radius 2 is 1.81 bits per heavy atom. The van der Waals surface area contributed by atoms with E-state index in [0.29, 0.717) is 6.54 Å². The monoisotopic (exact) mass is 279 g/mol. The van der Waals surface area contributed by atoms with Crippen LogP contribution in [0.2, 0.25) is 0 Å². The van der Waals surface area contributed by atoms with Gasteiger partial charge in [0.05, 0.1) is 11.4 Å². The van der Waals surface area contributed by atoms with Gasteiger partial charge in [0, 0.05) is 11.1 Å². The predicted molar refractivity (Wildman–Crippen MR) is 84.6 cm³/mol. The largest absolute Gasteiger partial charge is 0.322 e. The minimum Gasteiger partial charge on any atom is -0.322 e. The maximum atomic E-state index is 12.3. The summed E-state index contributed by atoms with van der Waals surface area (Å²) in [6, 6.07) is 17.7. The molecule has 1 heterocycles. The quantitative estimate of drug-likeness (QED) is 0.906. The van der Waals surface area contributed by atoms with Crippen molar-refractivity contribution in [2.24, 2.45) is 4.99 Å². The highest BCUT2D eigenvalue weighted by atomic mass is 16.2. The molecule has 1 aliphatic rings. The molecule has 2 aromatic carbocycles. The Kier molecular flexibility index (Phi) is 3.79. The lowest BCUT2D eigenvalue weighted by Gasteiger charge is -2.11. The van der Waals surface area contributed by atoms with Crippen LogP contribution in [0.15, 0.2) is 59.6 Å².